The van der Waals surface area contributed by atoms with Crippen molar-refractivity contribution in [3.8, 4) is 0 Å². The number of benzene rings is 2. The molecule has 0 unspecified atom stereocenters. The molecule has 0 amide bonds. The van der Waals surface area contributed by atoms with Gasteiger partial charge in [0, 0.05) is 16.7 Å². The van der Waals surface area contributed by atoms with Gasteiger partial charge in [0.2, 0.25) is 0 Å². The van der Waals surface area contributed by atoms with Gasteiger partial charge < -0.3 is 10.5 Å². The molecule has 2 aromatic carbocycles. The Morgan fingerprint density at radius 2 is 1.86 bits per heavy atom. The summed E-state index contributed by atoms with van der Waals surface area (Å²) in [5.74, 6) is -3.68. The van der Waals surface area contributed by atoms with Crippen LogP contribution < -0.4 is 5.73 Å². The van der Waals surface area contributed by atoms with Crippen LogP contribution in [0.5, 0.6) is 0 Å². The van der Waals surface area contributed by atoms with Crippen LogP contribution in [0.15, 0.2) is 30.3 Å². The summed E-state index contributed by atoms with van der Waals surface area (Å²) >= 11 is 5.80. The third kappa shape index (κ3) is 3.46. The molecule has 0 saturated carbocycles. The van der Waals surface area contributed by atoms with Crippen molar-refractivity contribution in [1.29, 1.82) is 0 Å². The number of anilines is 1. The fraction of sp³-hybridized carbons (Fsp3) is 0.0714. The van der Waals surface area contributed by atoms with Crippen molar-refractivity contribution in [2.75, 3.05) is 5.73 Å². The van der Waals surface area contributed by atoms with E-state index in [2.05, 4.69) is 0 Å². The number of esters is 1. The van der Waals surface area contributed by atoms with Gasteiger partial charge in [-0.25, -0.2) is 18.0 Å². The Bertz CT molecular complexity index is 707. The van der Waals surface area contributed by atoms with Gasteiger partial charge in [-0.3, -0.25) is 0 Å². The lowest BCUT2D eigenvalue weighted by Crippen LogP contribution is -2.09. The van der Waals surface area contributed by atoms with Crippen LogP contribution in [0.1, 0.15) is 15.9 Å². The molecule has 0 radical (unpaired) electrons. The van der Waals surface area contributed by atoms with Crippen LogP contribution in [-0.4, -0.2) is 5.97 Å². The Morgan fingerprint density at radius 1 is 1.14 bits per heavy atom. The van der Waals surface area contributed by atoms with Crippen LogP contribution in [-0.2, 0) is 11.3 Å². The zero-order chi connectivity index (χ0) is 15.6. The van der Waals surface area contributed by atoms with Crippen molar-refractivity contribution in [3.05, 3.63) is 63.9 Å². The van der Waals surface area contributed by atoms with Crippen LogP contribution in [0.4, 0.5) is 18.9 Å². The van der Waals surface area contributed by atoms with Crippen molar-refractivity contribution in [3.63, 3.8) is 0 Å². The van der Waals surface area contributed by atoms with E-state index < -0.39 is 29.0 Å². The second-order valence-corrected chi connectivity index (χ2v) is 4.57. The first kappa shape index (κ1) is 15.2. The molecule has 3 nitrogen and oxygen atoms in total. The third-order valence-electron chi connectivity index (χ3n) is 2.67. The molecule has 2 rings (SSSR count). The Kier molecular flexibility index (Phi) is 4.37. The largest absolute Gasteiger partial charge is 0.457 e. The minimum absolute atomic E-state index is 0.197. The number of nitrogen functional groups attached to an aromatic ring is 1. The maximum absolute atomic E-state index is 13.5. The highest BCUT2D eigenvalue weighted by Crippen LogP contribution is 2.20. The number of halogens is 4. The number of carbonyl (C=O) groups excluding carboxylic acids is 1. The average Bonchev–Trinajstić information content (AvgIpc) is 2.43. The Morgan fingerprint density at radius 3 is 2.57 bits per heavy atom. The zero-order valence-electron chi connectivity index (χ0n) is 10.5. The lowest BCUT2D eigenvalue weighted by atomic mass is 10.2. The third-order valence-corrected chi connectivity index (χ3v) is 3.04. The van der Waals surface area contributed by atoms with Gasteiger partial charge in [-0.05, 0) is 24.3 Å². The van der Waals surface area contributed by atoms with Crippen molar-refractivity contribution in [2.24, 2.45) is 0 Å². The number of nitrogens with two attached hydrogens (primary N) is 1. The van der Waals surface area contributed by atoms with Crippen molar-refractivity contribution in [1.82, 2.24) is 0 Å². The summed E-state index contributed by atoms with van der Waals surface area (Å²) < 4.78 is 44.3. The van der Waals surface area contributed by atoms with Crippen molar-refractivity contribution in [2.45, 2.75) is 6.61 Å². The SMILES string of the molecule is Nc1cc(C(=O)OCc2cc(F)ccc2Cl)c(F)cc1F. The molecule has 0 aromatic heterocycles. The first-order valence-electron chi connectivity index (χ1n) is 5.74. The molecule has 0 bridgehead atoms. The fourth-order valence-corrected chi connectivity index (χ4v) is 1.77. The number of hydrogen-bond acceptors (Lipinski definition) is 3. The van der Waals surface area contributed by atoms with E-state index in [4.69, 9.17) is 22.1 Å². The summed E-state index contributed by atoms with van der Waals surface area (Å²) in [6, 6.07) is 4.86. The Labute approximate surface area is 123 Å². The molecular weight excluding hydrogens is 307 g/mol. The summed E-state index contributed by atoms with van der Waals surface area (Å²) in [6.45, 7) is -0.355. The predicted molar refractivity (Wildman–Crippen MR) is 71.3 cm³/mol. The fourth-order valence-electron chi connectivity index (χ4n) is 1.60. The van der Waals surface area contributed by atoms with Crippen LogP contribution >= 0.6 is 11.6 Å². The lowest BCUT2D eigenvalue weighted by molar-refractivity contribution is 0.0467. The normalized spacial score (nSPS) is 10.5. The zero-order valence-corrected chi connectivity index (χ0v) is 11.3. The highest BCUT2D eigenvalue weighted by molar-refractivity contribution is 6.31. The van der Waals surface area contributed by atoms with Gasteiger partial charge in [0.15, 0.2) is 0 Å². The molecule has 0 atom stereocenters. The molecule has 7 heteroatoms. The standard InChI is InChI=1S/C14H9ClF3NO2/c15-10-2-1-8(16)3-7(10)6-21-14(20)9-4-13(19)12(18)5-11(9)17/h1-5H,6,19H2. The van der Waals surface area contributed by atoms with Gasteiger partial charge in [-0.15, -0.1) is 0 Å². The summed E-state index contributed by atoms with van der Waals surface area (Å²) in [7, 11) is 0. The van der Waals surface area contributed by atoms with E-state index in [-0.39, 0.29) is 22.9 Å². The maximum Gasteiger partial charge on any atom is 0.341 e. The Balaban J connectivity index is 2.15. The first-order valence-corrected chi connectivity index (χ1v) is 6.12. The number of carbonyl (C=O) groups is 1. The van der Waals surface area contributed by atoms with Crippen LogP contribution in [0, 0.1) is 17.5 Å². The second-order valence-electron chi connectivity index (χ2n) is 4.17. The summed E-state index contributed by atoms with van der Waals surface area (Å²) in [4.78, 5) is 11.7. The molecule has 110 valence electrons. The van der Waals surface area contributed by atoms with Crippen LogP contribution in [0.2, 0.25) is 5.02 Å². The van der Waals surface area contributed by atoms with Gasteiger partial charge in [0.25, 0.3) is 0 Å². The monoisotopic (exact) mass is 315 g/mol. The summed E-state index contributed by atoms with van der Waals surface area (Å²) in [5.41, 5.74) is 4.59. The van der Waals surface area contributed by atoms with Gasteiger partial charge in [-0.2, -0.15) is 0 Å². The topological polar surface area (TPSA) is 52.3 Å². The molecule has 0 aliphatic heterocycles. The molecule has 0 heterocycles. The van der Waals surface area contributed by atoms with Gasteiger partial charge in [-0.1, -0.05) is 11.6 Å². The number of rotatable bonds is 3. The minimum Gasteiger partial charge on any atom is -0.457 e. The Hall–Kier alpha value is -2.21. The molecule has 2 aromatic rings. The molecule has 0 spiro atoms. The van der Waals surface area contributed by atoms with E-state index in [1.54, 1.807) is 0 Å². The molecule has 0 fully saturated rings. The number of ether oxygens (including phenoxy) is 1. The minimum atomic E-state index is -1.10. The molecule has 0 saturated heterocycles. The lowest BCUT2D eigenvalue weighted by Gasteiger charge is -2.08. The van der Waals surface area contributed by atoms with E-state index >= 15 is 0 Å². The highest BCUT2D eigenvalue weighted by atomic mass is 35.5. The van der Waals surface area contributed by atoms with E-state index in [0.29, 0.717) is 6.07 Å². The molecular formula is C14H9ClF3NO2. The predicted octanol–water partition coefficient (Wildman–Crippen LogP) is 3.70. The molecule has 0 aliphatic carbocycles. The smallest absolute Gasteiger partial charge is 0.341 e. The van der Waals surface area contributed by atoms with Crippen LogP contribution in [0.3, 0.4) is 0 Å². The highest BCUT2D eigenvalue weighted by Gasteiger charge is 2.17. The van der Waals surface area contributed by atoms with Crippen molar-refractivity contribution < 1.29 is 22.7 Å². The molecule has 21 heavy (non-hydrogen) atoms. The van der Waals surface area contributed by atoms with E-state index in [9.17, 15) is 18.0 Å². The van der Waals surface area contributed by atoms with E-state index in [1.807, 2.05) is 0 Å². The van der Waals surface area contributed by atoms with Gasteiger partial charge in [0.05, 0.1) is 11.3 Å². The number of hydrogen-bond donors (Lipinski definition) is 1. The quantitative estimate of drug-likeness (QED) is 0.694. The van der Waals surface area contributed by atoms with Gasteiger partial charge >= 0.3 is 5.97 Å². The van der Waals surface area contributed by atoms with E-state index in [1.165, 1.54) is 6.07 Å². The summed E-state index contributed by atoms with van der Waals surface area (Å²) in [5, 5.41) is 0.197. The maximum atomic E-state index is 13.5. The van der Waals surface area contributed by atoms with Crippen molar-refractivity contribution >= 4 is 23.3 Å². The molecule has 2 N–H and O–H groups in total. The van der Waals surface area contributed by atoms with Crippen LogP contribution in [0.25, 0.3) is 0 Å². The molecule has 0 aliphatic rings. The second kappa shape index (κ2) is 6.05. The van der Waals surface area contributed by atoms with Gasteiger partial charge in [0.1, 0.15) is 24.1 Å². The first-order chi connectivity index (χ1) is 9.88. The van der Waals surface area contributed by atoms with E-state index in [0.717, 1.165) is 18.2 Å². The summed E-state index contributed by atoms with van der Waals surface area (Å²) in [6.07, 6.45) is 0. The average molecular weight is 316 g/mol.